The molecule has 0 fully saturated rings. The molecule has 0 aromatic heterocycles. The van der Waals surface area contributed by atoms with Crippen LogP contribution in [0.15, 0.2) is 84.9 Å². The van der Waals surface area contributed by atoms with Crippen LogP contribution in [0.3, 0.4) is 0 Å². The molecule has 3 amide bonds. The summed E-state index contributed by atoms with van der Waals surface area (Å²) in [6, 6.07) is 25.0. The van der Waals surface area contributed by atoms with E-state index in [1.165, 1.54) is 0 Å². The summed E-state index contributed by atoms with van der Waals surface area (Å²) in [6.07, 6.45) is -0.551. The van der Waals surface area contributed by atoms with Crippen LogP contribution in [0.5, 0.6) is 0 Å². The van der Waals surface area contributed by atoms with Crippen molar-refractivity contribution in [1.29, 1.82) is 5.26 Å². The lowest BCUT2D eigenvalue weighted by molar-refractivity contribution is -0.128. The maximum absolute atomic E-state index is 13.2. The fourth-order valence-electron chi connectivity index (χ4n) is 3.49. The van der Waals surface area contributed by atoms with E-state index in [0.29, 0.717) is 11.1 Å². The summed E-state index contributed by atoms with van der Waals surface area (Å²) in [5.41, 5.74) is 8.11. The Morgan fingerprint density at radius 1 is 0.800 bits per heavy atom. The average molecular weight is 471 g/mol. The SMILES string of the molecule is N#Cc1ccccc1C[C@H](NC(=O)[C@H](Cc1ccccc1)NC(=O)OCc1ccccc1)C(N)=O. The van der Waals surface area contributed by atoms with Gasteiger partial charge in [-0.1, -0.05) is 78.9 Å². The summed E-state index contributed by atoms with van der Waals surface area (Å²) in [4.78, 5) is 37.8. The van der Waals surface area contributed by atoms with E-state index in [2.05, 4.69) is 16.7 Å². The lowest BCUT2D eigenvalue weighted by atomic mass is 9.99. The maximum atomic E-state index is 13.2. The largest absolute Gasteiger partial charge is 0.445 e. The molecule has 3 rings (SSSR count). The number of carbonyl (C=O) groups is 3. The first-order valence-corrected chi connectivity index (χ1v) is 11.0. The second-order valence-corrected chi connectivity index (χ2v) is 7.88. The number of nitrogens with two attached hydrogens (primary N) is 1. The number of nitrogens with zero attached hydrogens (tertiary/aromatic N) is 1. The number of hydrogen-bond acceptors (Lipinski definition) is 5. The molecule has 3 aromatic carbocycles. The number of amides is 3. The van der Waals surface area contributed by atoms with Gasteiger partial charge in [-0.3, -0.25) is 9.59 Å². The smallest absolute Gasteiger partial charge is 0.408 e. The second-order valence-electron chi connectivity index (χ2n) is 7.88. The molecule has 178 valence electrons. The minimum Gasteiger partial charge on any atom is -0.445 e. The third-order valence-electron chi connectivity index (χ3n) is 5.33. The van der Waals surface area contributed by atoms with Crippen molar-refractivity contribution in [2.75, 3.05) is 0 Å². The van der Waals surface area contributed by atoms with Gasteiger partial charge in [0, 0.05) is 12.8 Å². The lowest BCUT2D eigenvalue weighted by Gasteiger charge is -2.22. The van der Waals surface area contributed by atoms with Gasteiger partial charge in [0.2, 0.25) is 11.8 Å². The van der Waals surface area contributed by atoms with E-state index in [9.17, 15) is 19.6 Å². The van der Waals surface area contributed by atoms with Crippen LogP contribution >= 0.6 is 0 Å². The lowest BCUT2D eigenvalue weighted by Crippen LogP contribution is -2.54. The van der Waals surface area contributed by atoms with Crippen molar-refractivity contribution in [3.05, 3.63) is 107 Å². The van der Waals surface area contributed by atoms with Crippen LogP contribution in [-0.4, -0.2) is 30.0 Å². The van der Waals surface area contributed by atoms with E-state index >= 15 is 0 Å². The van der Waals surface area contributed by atoms with Crippen LogP contribution in [-0.2, 0) is 33.8 Å². The molecule has 0 bridgehead atoms. The highest BCUT2D eigenvalue weighted by Crippen LogP contribution is 2.11. The summed E-state index contributed by atoms with van der Waals surface area (Å²) < 4.78 is 5.27. The molecule has 35 heavy (non-hydrogen) atoms. The van der Waals surface area contributed by atoms with E-state index in [0.717, 1.165) is 11.1 Å². The quantitative estimate of drug-likeness (QED) is 0.419. The van der Waals surface area contributed by atoms with Gasteiger partial charge in [-0.2, -0.15) is 5.26 Å². The maximum Gasteiger partial charge on any atom is 0.408 e. The standard InChI is InChI=1S/C27H26N4O4/c28-17-22-14-8-7-13-21(22)16-23(25(29)32)30-26(33)24(15-19-9-3-1-4-10-19)31-27(34)35-18-20-11-5-2-6-12-20/h1-14,23-24H,15-16,18H2,(H2,29,32)(H,30,33)(H,31,34)/t23-,24-/m0/s1. The topological polar surface area (TPSA) is 134 Å². The summed E-state index contributed by atoms with van der Waals surface area (Å²) >= 11 is 0. The highest BCUT2D eigenvalue weighted by molar-refractivity contribution is 5.91. The van der Waals surface area contributed by atoms with Crippen molar-refractivity contribution in [2.24, 2.45) is 5.73 Å². The summed E-state index contributed by atoms with van der Waals surface area (Å²) in [5.74, 6) is -1.35. The Balaban J connectivity index is 1.72. The molecule has 0 aliphatic heterocycles. The molecule has 0 unspecified atom stereocenters. The number of carbonyl (C=O) groups excluding carboxylic acids is 3. The number of alkyl carbamates (subject to hydrolysis) is 1. The van der Waals surface area contributed by atoms with Gasteiger partial charge in [-0.05, 0) is 22.8 Å². The highest BCUT2D eigenvalue weighted by atomic mass is 16.5. The molecule has 0 saturated carbocycles. The normalized spacial score (nSPS) is 12.0. The first-order chi connectivity index (χ1) is 17.0. The Morgan fingerprint density at radius 3 is 2.03 bits per heavy atom. The summed E-state index contributed by atoms with van der Waals surface area (Å²) in [7, 11) is 0. The van der Waals surface area contributed by atoms with Crippen LogP contribution in [0.2, 0.25) is 0 Å². The zero-order valence-electron chi connectivity index (χ0n) is 19.0. The van der Waals surface area contributed by atoms with Crippen molar-refractivity contribution < 1.29 is 19.1 Å². The molecule has 0 radical (unpaired) electrons. The van der Waals surface area contributed by atoms with Crippen molar-refractivity contribution in [3.8, 4) is 6.07 Å². The molecule has 0 spiro atoms. The number of hydrogen-bond donors (Lipinski definition) is 3. The predicted octanol–water partition coefficient (Wildman–Crippen LogP) is 2.61. The van der Waals surface area contributed by atoms with Crippen molar-refractivity contribution in [1.82, 2.24) is 10.6 Å². The van der Waals surface area contributed by atoms with Crippen molar-refractivity contribution in [2.45, 2.75) is 31.5 Å². The van der Waals surface area contributed by atoms with Gasteiger partial charge >= 0.3 is 6.09 Å². The third kappa shape index (κ3) is 7.72. The monoisotopic (exact) mass is 470 g/mol. The molecule has 4 N–H and O–H groups in total. The summed E-state index contributed by atoms with van der Waals surface area (Å²) in [6.45, 7) is 0.0429. The Bertz CT molecular complexity index is 1190. The molecular weight excluding hydrogens is 444 g/mol. The Kier molecular flexibility index (Phi) is 8.97. The number of nitrogens with one attached hydrogen (secondary N) is 2. The van der Waals surface area contributed by atoms with Crippen molar-refractivity contribution in [3.63, 3.8) is 0 Å². The average Bonchev–Trinajstić information content (AvgIpc) is 2.88. The minimum absolute atomic E-state index is 0.0429. The van der Waals surface area contributed by atoms with Crippen LogP contribution in [0, 0.1) is 11.3 Å². The van der Waals surface area contributed by atoms with Crippen LogP contribution in [0.4, 0.5) is 4.79 Å². The molecule has 0 heterocycles. The molecule has 8 nitrogen and oxygen atoms in total. The molecule has 0 saturated heterocycles. The summed E-state index contributed by atoms with van der Waals surface area (Å²) in [5, 5.41) is 14.5. The fourth-order valence-corrected chi connectivity index (χ4v) is 3.49. The van der Waals surface area contributed by atoms with Gasteiger partial charge in [-0.25, -0.2) is 4.79 Å². The molecule has 0 aliphatic rings. The molecule has 8 heteroatoms. The fraction of sp³-hybridized carbons (Fsp3) is 0.185. The zero-order chi connectivity index (χ0) is 25.0. The molecule has 3 aromatic rings. The Labute approximate surface area is 203 Å². The first-order valence-electron chi connectivity index (χ1n) is 11.0. The number of primary amides is 1. The van der Waals surface area contributed by atoms with Crippen molar-refractivity contribution >= 4 is 17.9 Å². The van der Waals surface area contributed by atoms with Crippen LogP contribution in [0.25, 0.3) is 0 Å². The predicted molar refractivity (Wildman–Crippen MR) is 130 cm³/mol. The first kappa shape index (κ1) is 25.0. The second kappa shape index (κ2) is 12.6. The molecular formula is C27H26N4O4. The Morgan fingerprint density at radius 2 is 1.40 bits per heavy atom. The van der Waals surface area contributed by atoms with Gasteiger partial charge < -0.3 is 21.1 Å². The number of ether oxygens (including phenoxy) is 1. The van der Waals surface area contributed by atoms with E-state index < -0.39 is 30.0 Å². The Hall–Kier alpha value is -4.64. The van der Waals surface area contributed by atoms with Crippen LogP contribution < -0.4 is 16.4 Å². The van der Waals surface area contributed by atoms with Gasteiger partial charge in [0.15, 0.2) is 0 Å². The highest BCUT2D eigenvalue weighted by Gasteiger charge is 2.27. The van der Waals surface area contributed by atoms with Gasteiger partial charge in [0.25, 0.3) is 0 Å². The van der Waals surface area contributed by atoms with E-state index in [1.807, 2.05) is 60.7 Å². The number of benzene rings is 3. The van der Waals surface area contributed by atoms with E-state index in [1.54, 1.807) is 24.3 Å². The van der Waals surface area contributed by atoms with Crippen LogP contribution in [0.1, 0.15) is 22.3 Å². The number of nitriles is 1. The van der Waals surface area contributed by atoms with E-state index in [-0.39, 0.29) is 19.4 Å². The third-order valence-corrected chi connectivity index (χ3v) is 5.33. The van der Waals surface area contributed by atoms with Gasteiger partial charge in [0.1, 0.15) is 18.7 Å². The number of rotatable bonds is 10. The molecule has 0 aliphatic carbocycles. The van der Waals surface area contributed by atoms with Gasteiger partial charge in [-0.15, -0.1) is 0 Å². The molecule has 2 atom stereocenters. The minimum atomic E-state index is -1.07. The van der Waals surface area contributed by atoms with E-state index in [4.69, 9.17) is 10.5 Å². The zero-order valence-corrected chi connectivity index (χ0v) is 19.0. The van der Waals surface area contributed by atoms with Gasteiger partial charge in [0.05, 0.1) is 11.6 Å².